The molecule has 0 bridgehead atoms. The lowest BCUT2D eigenvalue weighted by molar-refractivity contribution is -0.0721. The topological polar surface area (TPSA) is 48.1 Å². The molecule has 3 aliphatic rings. The van der Waals surface area contributed by atoms with Crippen molar-refractivity contribution in [2.75, 3.05) is 45.9 Å². The molecule has 0 radical (unpaired) electrons. The Morgan fingerprint density at radius 3 is 2.61 bits per heavy atom. The summed E-state index contributed by atoms with van der Waals surface area (Å²) in [5.41, 5.74) is 1.14. The zero-order chi connectivity index (χ0) is 19.6. The first-order valence-electron chi connectivity index (χ1n) is 10.7. The van der Waals surface area contributed by atoms with E-state index in [4.69, 9.17) is 4.74 Å². The van der Waals surface area contributed by atoms with Gasteiger partial charge >= 0.3 is 6.03 Å². The number of amides is 2. The van der Waals surface area contributed by atoms with Crippen molar-refractivity contribution in [3.05, 3.63) is 35.9 Å². The van der Waals surface area contributed by atoms with E-state index < -0.39 is 0 Å². The van der Waals surface area contributed by atoms with Crippen LogP contribution in [-0.2, 0) is 11.3 Å². The quantitative estimate of drug-likeness (QED) is 0.865. The molecule has 0 aromatic heterocycles. The van der Waals surface area contributed by atoms with Gasteiger partial charge in [-0.15, -0.1) is 0 Å². The van der Waals surface area contributed by atoms with Gasteiger partial charge in [0.15, 0.2) is 0 Å². The number of rotatable bonds is 3. The number of urea groups is 1. The summed E-state index contributed by atoms with van der Waals surface area (Å²) in [6.07, 6.45) is 2.27. The fraction of sp³-hybridized carbons (Fsp3) is 0.682. The number of nitrogens with one attached hydrogen (secondary N) is 1. The fourth-order valence-electron chi connectivity index (χ4n) is 5.13. The minimum Gasteiger partial charge on any atom is -0.381 e. The number of hydrogen-bond acceptors (Lipinski definition) is 4. The summed E-state index contributed by atoms with van der Waals surface area (Å²) < 4.78 is 5.54. The second kappa shape index (κ2) is 8.39. The third kappa shape index (κ3) is 4.34. The SMILES string of the molecule is CC1(C)CN(C(=O)NCc2ccccc2)CC2CN(C3CCOCC3)CCN21. The van der Waals surface area contributed by atoms with Gasteiger partial charge in [-0.25, -0.2) is 4.79 Å². The maximum Gasteiger partial charge on any atom is 0.317 e. The van der Waals surface area contributed by atoms with Crippen LogP contribution in [0.25, 0.3) is 0 Å². The molecule has 28 heavy (non-hydrogen) atoms. The summed E-state index contributed by atoms with van der Waals surface area (Å²) in [4.78, 5) is 20.2. The second-order valence-corrected chi connectivity index (χ2v) is 9.02. The van der Waals surface area contributed by atoms with E-state index in [1.807, 2.05) is 23.1 Å². The highest BCUT2D eigenvalue weighted by Gasteiger charge is 2.44. The highest BCUT2D eigenvalue weighted by Crippen LogP contribution is 2.30. The number of ether oxygens (including phenoxy) is 1. The molecule has 3 aliphatic heterocycles. The predicted molar refractivity (Wildman–Crippen MR) is 110 cm³/mol. The standard InChI is InChI=1S/C22H34N4O2/c1-22(2)17-25(21(27)23-14-18-6-4-3-5-7-18)16-20-15-24(10-11-26(20)22)19-8-12-28-13-9-19/h3-7,19-20H,8-17H2,1-2H3,(H,23,27). The number of benzene rings is 1. The van der Waals surface area contributed by atoms with Crippen LogP contribution in [0.4, 0.5) is 4.79 Å². The lowest BCUT2D eigenvalue weighted by Crippen LogP contribution is -2.71. The summed E-state index contributed by atoms with van der Waals surface area (Å²) in [5.74, 6) is 0. The van der Waals surface area contributed by atoms with Crippen LogP contribution in [0.2, 0.25) is 0 Å². The van der Waals surface area contributed by atoms with Crippen LogP contribution in [0.3, 0.4) is 0 Å². The predicted octanol–water partition coefficient (Wildman–Crippen LogP) is 2.16. The van der Waals surface area contributed by atoms with Crippen LogP contribution in [0.15, 0.2) is 30.3 Å². The van der Waals surface area contributed by atoms with Crippen molar-refractivity contribution in [2.45, 2.75) is 50.9 Å². The average Bonchev–Trinajstić information content (AvgIpc) is 2.72. The Balaban J connectivity index is 1.38. The first-order valence-corrected chi connectivity index (χ1v) is 10.7. The summed E-state index contributed by atoms with van der Waals surface area (Å²) in [7, 11) is 0. The smallest absolute Gasteiger partial charge is 0.317 e. The maximum atomic E-state index is 12.9. The van der Waals surface area contributed by atoms with Crippen LogP contribution in [0.5, 0.6) is 0 Å². The molecular formula is C22H34N4O2. The van der Waals surface area contributed by atoms with E-state index in [1.165, 1.54) is 0 Å². The van der Waals surface area contributed by atoms with Crippen molar-refractivity contribution in [2.24, 2.45) is 0 Å². The van der Waals surface area contributed by atoms with Gasteiger partial charge in [-0.2, -0.15) is 0 Å². The zero-order valence-corrected chi connectivity index (χ0v) is 17.3. The third-order valence-electron chi connectivity index (χ3n) is 6.58. The highest BCUT2D eigenvalue weighted by molar-refractivity contribution is 5.74. The van der Waals surface area contributed by atoms with Crippen molar-refractivity contribution in [1.29, 1.82) is 0 Å². The van der Waals surface area contributed by atoms with Crippen LogP contribution < -0.4 is 5.32 Å². The number of carbonyl (C=O) groups excluding carboxylic acids is 1. The Morgan fingerprint density at radius 2 is 1.86 bits per heavy atom. The Hall–Kier alpha value is -1.63. The lowest BCUT2D eigenvalue weighted by Gasteiger charge is -2.56. The Labute approximate surface area is 168 Å². The first-order chi connectivity index (χ1) is 13.5. The number of fused-ring (bicyclic) bond motifs is 1. The van der Waals surface area contributed by atoms with Gasteiger partial charge in [0.05, 0.1) is 0 Å². The van der Waals surface area contributed by atoms with Crippen molar-refractivity contribution >= 4 is 6.03 Å². The Bertz CT molecular complexity index is 660. The van der Waals surface area contributed by atoms with Crippen LogP contribution >= 0.6 is 0 Å². The molecule has 3 heterocycles. The normalized spacial score (nSPS) is 26.6. The highest BCUT2D eigenvalue weighted by atomic mass is 16.5. The van der Waals surface area contributed by atoms with Gasteiger partial charge < -0.3 is 15.0 Å². The molecule has 3 fully saturated rings. The second-order valence-electron chi connectivity index (χ2n) is 9.02. The lowest BCUT2D eigenvalue weighted by atomic mass is 9.92. The maximum absolute atomic E-state index is 12.9. The number of piperazine rings is 2. The number of hydrogen-bond donors (Lipinski definition) is 1. The minimum absolute atomic E-state index is 0.00870. The van der Waals surface area contributed by atoms with Gasteiger partial charge in [-0.3, -0.25) is 9.80 Å². The van der Waals surface area contributed by atoms with Crippen molar-refractivity contribution in [3.63, 3.8) is 0 Å². The molecule has 1 atom stereocenters. The number of carbonyl (C=O) groups is 1. The van der Waals surface area contributed by atoms with Crippen molar-refractivity contribution < 1.29 is 9.53 Å². The molecule has 4 rings (SSSR count). The summed E-state index contributed by atoms with van der Waals surface area (Å²) in [6, 6.07) is 11.2. The molecule has 1 aromatic rings. The Morgan fingerprint density at radius 1 is 1.11 bits per heavy atom. The van der Waals surface area contributed by atoms with Gasteiger partial charge in [0.1, 0.15) is 0 Å². The van der Waals surface area contributed by atoms with Crippen molar-refractivity contribution in [1.82, 2.24) is 20.0 Å². The summed E-state index contributed by atoms with van der Waals surface area (Å²) in [6.45, 7) is 11.8. The molecule has 0 saturated carbocycles. The zero-order valence-electron chi connectivity index (χ0n) is 17.3. The molecule has 0 spiro atoms. The van der Waals surface area contributed by atoms with Gasteiger partial charge in [0.25, 0.3) is 0 Å². The molecule has 3 saturated heterocycles. The monoisotopic (exact) mass is 386 g/mol. The van der Waals surface area contributed by atoms with E-state index >= 15 is 0 Å². The van der Waals surface area contributed by atoms with Crippen LogP contribution in [-0.4, -0.2) is 84.3 Å². The average molecular weight is 387 g/mol. The minimum atomic E-state index is 0.00870. The van der Waals surface area contributed by atoms with Gasteiger partial charge in [0, 0.05) is 70.1 Å². The van der Waals surface area contributed by atoms with E-state index in [-0.39, 0.29) is 11.6 Å². The number of nitrogens with zero attached hydrogens (tertiary/aromatic N) is 3. The van der Waals surface area contributed by atoms with Gasteiger partial charge in [0.2, 0.25) is 0 Å². The van der Waals surface area contributed by atoms with Gasteiger partial charge in [-0.05, 0) is 32.3 Å². The summed E-state index contributed by atoms with van der Waals surface area (Å²) >= 11 is 0. The molecule has 6 nitrogen and oxygen atoms in total. The molecule has 1 aromatic carbocycles. The molecule has 1 N–H and O–H groups in total. The van der Waals surface area contributed by atoms with E-state index in [2.05, 4.69) is 41.1 Å². The van der Waals surface area contributed by atoms with Crippen LogP contribution in [0, 0.1) is 0 Å². The van der Waals surface area contributed by atoms with E-state index in [0.29, 0.717) is 18.6 Å². The molecule has 154 valence electrons. The first kappa shape index (κ1) is 19.7. The Kier molecular flexibility index (Phi) is 5.90. The molecule has 1 unspecified atom stereocenters. The largest absolute Gasteiger partial charge is 0.381 e. The van der Waals surface area contributed by atoms with E-state index in [1.54, 1.807) is 0 Å². The van der Waals surface area contributed by atoms with Crippen molar-refractivity contribution in [3.8, 4) is 0 Å². The molecule has 0 aliphatic carbocycles. The fourth-order valence-corrected chi connectivity index (χ4v) is 5.13. The molecule has 6 heteroatoms. The third-order valence-corrected chi connectivity index (χ3v) is 6.58. The van der Waals surface area contributed by atoms with Crippen LogP contribution in [0.1, 0.15) is 32.3 Å². The molecule has 2 amide bonds. The molecular weight excluding hydrogens is 352 g/mol. The summed E-state index contributed by atoms with van der Waals surface area (Å²) in [5, 5.41) is 3.11. The van der Waals surface area contributed by atoms with E-state index in [9.17, 15) is 4.79 Å². The van der Waals surface area contributed by atoms with E-state index in [0.717, 1.165) is 64.3 Å². The van der Waals surface area contributed by atoms with Gasteiger partial charge in [-0.1, -0.05) is 30.3 Å².